The van der Waals surface area contributed by atoms with Gasteiger partial charge in [-0.25, -0.2) is 4.98 Å². The number of thiazole rings is 1. The molecule has 0 spiro atoms. The molecule has 1 N–H and O–H groups in total. The molecule has 0 bridgehead atoms. The monoisotopic (exact) mass is 231 g/mol. The summed E-state index contributed by atoms with van der Waals surface area (Å²) in [6, 6.07) is 3.46. The number of aromatic amines is 1. The van der Waals surface area contributed by atoms with Gasteiger partial charge in [0.1, 0.15) is 11.6 Å². The molecule has 0 unspecified atom stereocenters. The molecule has 80 valence electrons. The van der Waals surface area contributed by atoms with Gasteiger partial charge >= 0.3 is 0 Å². The van der Waals surface area contributed by atoms with Crippen LogP contribution in [0, 0.1) is 25.2 Å². The van der Waals surface area contributed by atoms with E-state index < -0.39 is 0 Å². The quantitative estimate of drug-likeness (QED) is 0.815. The van der Waals surface area contributed by atoms with Crippen LogP contribution in [0.5, 0.6) is 0 Å². The smallest absolute Gasteiger partial charge is 0.266 e. The minimum absolute atomic E-state index is 0.117. The molecular weight excluding hydrogens is 222 g/mol. The van der Waals surface area contributed by atoms with Crippen LogP contribution in [0.4, 0.5) is 0 Å². The molecule has 0 aliphatic heterocycles. The Morgan fingerprint density at radius 3 is 2.81 bits per heavy atom. The van der Waals surface area contributed by atoms with E-state index in [0.29, 0.717) is 0 Å². The van der Waals surface area contributed by atoms with E-state index in [1.807, 2.05) is 18.4 Å². The highest BCUT2D eigenvalue weighted by atomic mass is 32.1. The minimum atomic E-state index is -0.351. The van der Waals surface area contributed by atoms with Crippen molar-refractivity contribution in [3.63, 3.8) is 0 Å². The Morgan fingerprint density at radius 2 is 2.25 bits per heavy atom. The first kappa shape index (κ1) is 10.6. The number of hydrogen-bond donors (Lipinski definition) is 1. The van der Waals surface area contributed by atoms with Gasteiger partial charge in [-0.05, 0) is 19.9 Å². The summed E-state index contributed by atoms with van der Waals surface area (Å²) in [6.07, 6.45) is 0. The molecule has 0 amide bonds. The Balaban J connectivity index is 2.67. The van der Waals surface area contributed by atoms with Gasteiger partial charge in [0.05, 0.1) is 10.7 Å². The lowest BCUT2D eigenvalue weighted by Gasteiger charge is -2.02. The van der Waals surface area contributed by atoms with Crippen LogP contribution in [-0.4, -0.2) is 9.97 Å². The maximum absolute atomic E-state index is 11.4. The molecule has 5 heteroatoms. The number of aromatic nitrogens is 2. The fourth-order valence-electron chi connectivity index (χ4n) is 1.46. The molecule has 0 radical (unpaired) electrons. The van der Waals surface area contributed by atoms with Crippen LogP contribution in [-0.2, 0) is 0 Å². The third-order valence-corrected chi connectivity index (χ3v) is 3.03. The molecule has 0 aliphatic carbocycles. The fraction of sp³-hybridized carbons (Fsp3) is 0.182. The Kier molecular flexibility index (Phi) is 2.59. The topological polar surface area (TPSA) is 69.5 Å². The van der Waals surface area contributed by atoms with Crippen molar-refractivity contribution in [3.05, 3.63) is 38.1 Å². The zero-order chi connectivity index (χ0) is 11.7. The van der Waals surface area contributed by atoms with Crippen LogP contribution in [0.2, 0.25) is 0 Å². The SMILES string of the molecule is Cc1nc(-c2cc(C#N)c(=O)[nH]c2C)cs1. The maximum atomic E-state index is 11.4. The number of aryl methyl sites for hydroxylation is 2. The number of nitrogens with zero attached hydrogens (tertiary/aromatic N) is 2. The van der Waals surface area contributed by atoms with E-state index in [4.69, 9.17) is 5.26 Å². The van der Waals surface area contributed by atoms with Gasteiger partial charge in [-0.15, -0.1) is 11.3 Å². The number of rotatable bonds is 1. The first-order valence-corrected chi connectivity index (χ1v) is 5.56. The normalized spacial score (nSPS) is 10.1. The molecule has 2 heterocycles. The zero-order valence-electron chi connectivity index (χ0n) is 8.87. The van der Waals surface area contributed by atoms with Gasteiger partial charge in [0.2, 0.25) is 0 Å². The van der Waals surface area contributed by atoms with Crippen LogP contribution < -0.4 is 5.56 Å². The van der Waals surface area contributed by atoms with Gasteiger partial charge in [0.15, 0.2) is 0 Å². The molecule has 0 aliphatic rings. The van der Waals surface area contributed by atoms with Crippen LogP contribution >= 0.6 is 11.3 Å². The summed E-state index contributed by atoms with van der Waals surface area (Å²) >= 11 is 1.54. The van der Waals surface area contributed by atoms with Crippen molar-refractivity contribution >= 4 is 11.3 Å². The average Bonchev–Trinajstić information content (AvgIpc) is 2.65. The number of nitriles is 1. The highest BCUT2D eigenvalue weighted by Crippen LogP contribution is 2.23. The minimum Gasteiger partial charge on any atom is -0.325 e. The van der Waals surface area contributed by atoms with Crippen LogP contribution in [0.3, 0.4) is 0 Å². The lowest BCUT2D eigenvalue weighted by molar-refractivity contribution is 1.12. The Hall–Kier alpha value is -1.93. The lowest BCUT2D eigenvalue weighted by atomic mass is 10.1. The number of H-pyrrole nitrogens is 1. The first-order valence-electron chi connectivity index (χ1n) is 4.68. The van der Waals surface area contributed by atoms with E-state index >= 15 is 0 Å². The zero-order valence-corrected chi connectivity index (χ0v) is 9.68. The molecule has 4 nitrogen and oxygen atoms in total. The van der Waals surface area contributed by atoms with Gasteiger partial charge in [0.25, 0.3) is 5.56 Å². The molecule has 2 rings (SSSR count). The van der Waals surface area contributed by atoms with E-state index in [1.165, 1.54) is 11.3 Å². The van der Waals surface area contributed by atoms with E-state index in [-0.39, 0.29) is 11.1 Å². The van der Waals surface area contributed by atoms with Crippen molar-refractivity contribution in [2.75, 3.05) is 0 Å². The largest absolute Gasteiger partial charge is 0.325 e. The predicted molar refractivity (Wildman–Crippen MR) is 62.4 cm³/mol. The molecule has 0 saturated carbocycles. The van der Waals surface area contributed by atoms with Crippen molar-refractivity contribution in [3.8, 4) is 17.3 Å². The van der Waals surface area contributed by atoms with Crippen molar-refractivity contribution in [1.29, 1.82) is 5.26 Å². The highest BCUT2D eigenvalue weighted by molar-refractivity contribution is 7.09. The van der Waals surface area contributed by atoms with Crippen molar-refractivity contribution in [1.82, 2.24) is 9.97 Å². The van der Waals surface area contributed by atoms with Gasteiger partial charge in [0, 0.05) is 16.6 Å². The number of hydrogen-bond acceptors (Lipinski definition) is 4. The summed E-state index contributed by atoms with van der Waals surface area (Å²) < 4.78 is 0. The van der Waals surface area contributed by atoms with Crippen LogP contribution in [0.1, 0.15) is 16.3 Å². The Morgan fingerprint density at radius 1 is 1.50 bits per heavy atom. The molecular formula is C11H9N3OS. The fourth-order valence-corrected chi connectivity index (χ4v) is 2.07. The van der Waals surface area contributed by atoms with Crippen molar-refractivity contribution in [2.24, 2.45) is 0 Å². The lowest BCUT2D eigenvalue weighted by Crippen LogP contribution is -2.11. The molecule has 0 atom stereocenters. The second kappa shape index (κ2) is 3.91. The maximum Gasteiger partial charge on any atom is 0.266 e. The second-order valence-corrected chi connectivity index (χ2v) is 4.48. The molecule has 16 heavy (non-hydrogen) atoms. The highest BCUT2D eigenvalue weighted by Gasteiger charge is 2.09. The van der Waals surface area contributed by atoms with Gasteiger partial charge in [-0.2, -0.15) is 5.26 Å². The van der Waals surface area contributed by atoms with E-state index in [0.717, 1.165) is 22.0 Å². The third kappa shape index (κ3) is 1.75. The molecule has 0 fully saturated rings. The molecule has 0 saturated heterocycles. The van der Waals surface area contributed by atoms with E-state index in [2.05, 4.69) is 9.97 Å². The molecule has 2 aromatic heterocycles. The summed E-state index contributed by atoms with van der Waals surface area (Å²) in [7, 11) is 0. The predicted octanol–water partition coefficient (Wildman–Crippen LogP) is 1.99. The second-order valence-electron chi connectivity index (χ2n) is 3.41. The van der Waals surface area contributed by atoms with E-state index in [9.17, 15) is 4.79 Å². The number of nitrogens with one attached hydrogen (secondary N) is 1. The van der Waals surface area contributed by atoms with Crippen molar-refractivity contribution < 1.29 is 0 Å². The average molecular weight is 231 g/mol. The Bertz CT molecular complexity index is 633. The summed E-state index contributed by atoms with van der Waals surface area (Å²) in [5.41, 5.74) is 2.10. The summed E-state index contributed by atoms with van der Waals surface area (Å²) in [6.45, 7) is 3.72. The van der Waals surface area contributed by atoms with Crippen LogP contribution in [0.25, 0.3) is 11.3 Å². The van der Waals surface area contributed by atoms with Gasteiger partial charge < -0.3 is 4.98 Å². The van der Waals surface area contributed by atoms with Crippen molar-refractivity contribution in [2.45, 2.75) is 13.8 Å². The standard InChI is InChI=1S/C11H9N3OS/c1-6-9(10-5-16-7(2)14-10)3-8(4-12)11(15)13-6/h3,5H,1-2H3,(H,13,15). The third-order valence-electron chi connectivity index (χ3n) is 2.25. The number of pyridine rings is 1. The Labute approximate surface area is 96.2 Å². The summed E-state index contributed by atoms with van der Waals surface area (Å²) in [5.74, 6) is 0. The van der Waals surface area contributed by atoms with Gasteiger partial charge in [-0.3, -0.25) is 4.79 Å². The van der Waals surface area contributed by atoms with Crippen LogP contribution in [0.15, 0.2) is 16.2 Å². The van der Waals surface area contributed by atoms with Gasteiger partial charge in [-0.1, -0.05) is 0 Å². The molecule has 0 aromatic carbocycles. The first-order chi connectivity index (χ1) is 7.61. The van der Waals surface area contributed by atoms with E-state index in [1.54, 1.807) is 13.0 Å². The summed E-state index contributed by atoms with van der Waals surface area (Å²) in [4.78, 5) is 18.4. The summed E-state index contributed by atoms with van der Waals surface area (Å²) in [5, 5.41) is 11.7. The molecule has 2 aromatic rings.